The summed E-state index contributed by atoms with van der Waals surface area (Å²) in [6.07, 6.45) is 4.27. The Labute approximate surface area is 197 Å². The van der Waals surface area contributed by atoms with E-state index < -0.39 is 0 Å². The van der Waals surface area contributed by atoms with Crippen molar-refractivity contribution in [2.75, 3.05) is 12.5 Å². The molecule has 156 valence electrons. The minimum absolute atomic E-state index is 1.32. The van der Waals surface area contributed by atoms with Gasteiger partial charge in [-0.2, -0.15) is 0 Å². The summed E-state index contributed by atoms with van der Waals surface area (Å²) in [5, 5.41) is 10.8. The monoisotopic (exact) mass is 448 g/mol. The molecular formula is C30H24S2. The third kappa shape index (κ3) is 3.85. The van der Waals surface area contributed by atoms with Crippen molar-refractivity contribution < 1.29 is 0 Å². The lowest BCUT2D eigenvalue weighted by atomic mass is 10.0. The highest BCUT2D eigenvalue weighted by atomic mass is 32.2. The lowest BCUT2D eigenvalue weighted by molar-refractivity contribution is 1.59. The van der Waals surface area contributed by atoms with Crippen LogP contribution in [0.1, 0.15) is 0 Å². The first-order chi connectivity index (χ1) is 15.8. The largest absolute Gasteiger partial charge is 0.129 e. The molecule has 0 saturated heterocycles. The average Bonchev–Trinajstić information content (AvgIpc) is 2.88. The molecule has 0 unspecified atom stereocenters. The van der Waals surface area contributed by atoms with Crippen LogP contribution in [-0.2, 0) is 0 Å². The zero-order chi connectivity index (χ0) is 21.9. The van der Waals surface area contributed by atoms with E-state index in [2.05, 4.69) is 122 Å². The lowest BCUT2D eigenvalue weighted by Crippen LogP contribution is -1.80. The van der Waals surface area contributed by atoms with Crippen LogP contribution in [0.15, 0.2) is 119 Å². The van der Waals surface area contributed by atoms with Gasteiger partial charge in [-0.05, 0) is 67.7 Å². The summed E-state index contributed by atoms with van der Waals surface area (Å²) >= 11 is 3.63. The highest BCUT2D eigenvalue weighted by molar-refractivity contribution is 7.99. The summed E-state index contributed by atoms with van der Waals surface area (Å²) in [6.45, 7) is 0. The Morgan fingerprint density at radius 2 is 0.688 bits per heavy atom. The molecule has 0 saturated carbocycles. The van der Waals surface area contributed by atoms with Crippen LogP contribution in [-0.4, -0.2) is 12.5 Å². The predicted molar refractivity (Wildman–Crippen MR) is 146 cm³/mol. The third-order valence-electron chi connectivity index (χ3n) is 5.90. The van der Waals surface area contributed by atoms with Gasteiger partial charge in [0, 0.05) is 9.79 Å². The van der Waals surface area contributed by atoms with Crippen molar-refractivity contribution in [3.8, 4) is 0 Å². The Morgan fingerprint density at radius 3 is 1.06 bits per heavy atom. The van der Waals surface area contributed by atoms with Gasteiger partial charge in [-0.25, -0.2) is 0 Å². The highest BCUT2D eigenvalue weighted by Crippen LogP contribution is 2.34. The van der Waals surface area contributed by atoms with Crippen LogP contribution in [0, 0.1) is 0 Å². The first-order valence-electron chi connectivity index (χ1n) is 10.7. The van der Waals surface area contributed by atoms with E-state index in [-0.39, 0.29) is 0 Å². The minimum atomic E-state index is 1.32. The molecule has 0 heterocycles. The van der Waals surface area contributed by atoms with E-state index in [1.165, 1.54) is 52.9 Å². The van der Waals surface area contributed by atoms with E-state index >= 15 is 0 Å². The van der Waals surface area contributed by atoms with Crippen molar-refractivity contribution in [1.82, 2.24) is 0 Å². The molecule has 6 aromatic carbocycles. The number of rotatable bonds is 2. The van der Waals surface area contributed by atoms with E-state index in [9.17, 15) is 0 Å². The van der Waals surface area contributed by atoms with Gasteiger partial charge in [0.1, 0.15) is 0 Å². The Kier molecular flexibility index (Phi) is 6.07. The second kappa shape index (κ2) is 9.28. The van der Waals surface area contributed by atoms with Crippen LogP contribution in [0.5, 0.6) is 0 Å². The van der Waals surface area contributed by atoms with E-state index in [0.29, 0.717) is 0 Å². The zero-order valence-electron chi connectivity index (χ0n) is 18.2. The maximum Gasteiger partial charge on any atom is 0.0154 e. The molecule has 32 heavy (non-hydrogen) atoms. The van der Waals surface area contributed by atoms with Crippen LogP contribution in [0.25, 0.3) is 43.1 Å². The van der Waals surface area contributed by atoms with Crippen molar-refractivity contribution in [2.24, 2.45) is 0 Å². The second-order valence-corrected chi connectivity index (χ2v) is 9.39. The van der Waals surface area contributed by atoms with Gasteiger partial charge in [-0.3, -0.25) is 0 Å². The molecule has 6 aromatic rings. The third-order valence-corrected chi connectivity index (χ3v) is 7.46. The lowest BCUT2D eigenvalue weighted by Gasteiger charge is -2.08. The molecule has 0 aliphatic carbocycles. The molecule has 0 atom stereocenters. The van der Waals surface area contributed by atoms with Gasteiger partial charge in [-0.1, -0.05) is 97.1 Å². The first kappa shape index (κ1) is 20.9. The van der Waals surface area contributed by atoms with E-state index in [1.807, 2.05) is 23.5 Å². The van der Waals surface area contributed by atoms with E-state index in [0.717, 1.165) is 0 Å². The number of thioether (sulfide) groups is 2. The van der Waals surface area contributed by atoms with Crippen LogP contribution in [0.3, 0.4) is 0 Å². The molecule has 0 spiro atoms. The Bertz CT molecular complexity index is 1430. The molecule has 0 aromatic heterocycles. The molecule has 0 amide bonds. The average molecular weight is 449 g/mol. The summed E-state index contributed by atoms with van der Waals surface area (Å²) in [6, 6.07) is 39.0. The highest BCUT2D eigenvalue weighted by Gasteiger charge is 2.05. The SMILES string of the molecule is CSc1cc2ccccc2c2ccccc12.CSc1cc2ccccc2c2ccccc12. The molecule has 6 rings (SSSR count). The van der Waals surface area contributed by atoms with Gasteiger partial charge in [0.15, 0.2) is 0 Å². The van der Waals surface area contributed by atoms with E-state index in [4.69, 9.17) is 0 Å². The van der Waals surface area contributed by atoms with Crippen molar-refractivity contribution in [1.29, 1.82) is 0 Å². The maximum atomic E-state index is 2.28. The standard InChI is InChI=1S/2C15H12S/c2*1-16-15-10-11-6-2-3-7-12(11)13-8-4-5-9-14(13)15/h2*2-10H,1H3. The van der Waals surface area contributed by atoms with Crippen LogP contribution >= 0.6 is 23.5 Å². The fraction of sp³-hybridized carbons (Fsp3) is 0.0667. The van der Waals surface area contributed by atoms with Crippen molar-refractivity contribution in [3.63, 3.8) is 0 Å². The number of hydrogen-bond acceptors (Lipinski definition) is 2. The molecular weight excluding hydrogens is 424 g/mol. The second-order valence-electron chi connectivity index (χ2n) is 7.69. The zero-order valence-corrected chi connectivity index (χ0v) is 19.8. The normalized spacial score (nSPS) is 11.1. The van der Waals surface area contributed by atoms with Gasteiger partial charge >= 0.3 is 0 Å². The molecule has 0 N–H and O–H groups in total. The summed E-state index contributed by atoms with van der Waals surface area (Å²) in [7, 11) is 0. The molecule has 0 radical (unpaired) electrons. The van der Waals surface area contributed by atoms with Gasteiger partial charge in [0.05, 0.1) is 0 Å². The Hall–Kier alpha value is -2.94. The minimum Gasteiger partial charge on any atom is -0.129 e. The summed E-state index contributed by atoms with van der Waals surface area (Å²) < 4.78 is 0. The Morgan fingerprint density at radius 1 is 0.375 bits per heavy atom. The molecule has 0 aliphatic heterocycles. The van der Waals surface area contributed by atoms with E-state index in [1.54, 1.807) is 0 Å². The van der Waals surface area contributed by atoms with Crippen LogP contribution in [0.2, 0.25) is 0 Å². The smallest absolute Gasteiger partial charge is 0.0154 e. The molecule has 0 bridgehead atoms. The predicted octanol–water partition coefficient (Wildman–Crippen LogP) is 9.43. The molecule has 0 nitrogen and oxygen atoms in total. The summed E-state index contributed by atoms with van der Waals surface area (Å²) in [4.78, 5) is 2.71. The molecule has 0 aliphatic rings. The number of benzene rings is 6. The first-order valence-corrected chi connectivity index (χ1v) is 13.1. The fourth-order valence-corrected chi connectivity index (χ4v) is 5.66. The Balaban J connectivity index is 0.000000135. The summed E-state index contributed by atoms with van der Waals surface area (Å²) in [5.74, 6) is 0. The van der Waals surface area contributed by atoms with Crippen LogP contribution in [0.4, 0.5) is 0 Å². The topological polar surface area (TPSA) is 0 Å². The van der Waals surface area contributed by atoms with Crippen LogP contribution < -0.4 is 0 Å². The van der Waals surface area contributed by atoms with Gasteiger partial charge in [0.2, 0.25) is 0 Å². The summed E-state index contributed by atoms with van der Waals surface area (Å²) in [5.41, 5.74) is 0. The van der Waals surface area contributed by atoms with Gasteiger partial charge in [-0.15, -0.1) is 23.5 Å². The number of hydrogen-bond donors (Lipinski definition) is 0. The number of fused-ring (bicyclic) bond motifs is 6. The van der Waals surface area contributed by atoms with Gasteiger partial charge < -0.3 is 0 Å². The van der Waals surface area contributed by atoms with Crippen molar-refractivity contribution >= 4 is 66.6 Å². The van der Waals surface area contributed by atoms with Gasteiger partial charge in [0.25, 0.3) is 0 Å². The maximum absolute atomic E-state index is 2.28. The quantitative estimate of drug-likeness (QED) is 0.191. The molecule has 0 fully saturated rings. The van der Waals surface area contributed by atoms with Crippen molar-refractivity contribution in [3.05, 3.63) is 109 Å². The fourth-order valence-electron chi connectivity index (χ4n) is 4.38. The molecule has 2 heteroatoms. The van der Waals surface area contributed by atoms with Crippen molar-refractivity contribution in [2.45, 2.75) is 9.79 Å².